The van der Waals surface area contributed by atoms with Gasteiger partial charge in [-0.15, -0.1) is 0 Å². The van der Waals surface area contributed by atoms with Crippen LogP contribution in [0.25, 0.3) is 0 Å². The molecule has 0 spiro atoms. The van der Waals surface area contributed by atoms with E-state index in [1.54, 1.807) is 0 Å². The number of ether oxygens (including phenoxy) is 3. The molecule has 0 fully saturated rings. The number of rotatable bonds is 65. The van der Waals surface area contributed by atoms with E-state index in [4.69, 9.17) is 14.2 Å². The SMILES string of the molecule is CC/C=C\C/C=C\C/C=C\C/C=C\C/C=C\C/C=C\C/C=C\CCCCCCCCCC(=O)OCC(COC(=O)CCCCCCCCCCCCCCCC)OC(=O)CCCCCCCCCCCCCCCCCCCCCCC. The van der Waals surface area contributed by atoms with Crippen LogP contribution in [0.3, 0.4) is 0 Å². The minimum atomic E-state index is -0.779. The third-order valence-electron chi connectivity index (χ3n) is 15.7. The fraction of sp³-hybridized carbons (Fsp3) is 0.776. The molecule has 0 aliphatic heterocycles. The van der Waals surface area contributed by atoms with Crippen molar-refractivity contribution in [2.75, 3.05) is 13.2 Å². The molecule has 1 atom stereocenters. The van der Waals surface area contributed by atoms with Gasteiger partial charge in [-0.1, -0.05) is 350 Å². The molecule has 6 heteroatoms. The standard InChI is InChI=1S/C76H134O6/c1-4-7-10-13-16-19-22-25-28-30-32-34-35-36-37-38-39-40-41-43-44-46-48-51-54-57-60-63-66-69-75(78)81-72-73(71-80-74(77)68-65-62-59-56-53-50-27-24-21-18-15-12-9-6-3)82-76(79)70-67-64-61-58-55-52-49-47-45-42-33-31-29-26-23-20-17-14-11-8-5-2/h7,10,16,19,25,28,32,34,36-37,39-40,43-44,73H,4-6,8-9,11-15,17-18,20-24,26-27,29-31,33,35,38,41-42,45-72H2,1-3H3/b10-7-,19-16-,28-25-,34-32-,37-36-,40-39-,44-43-. The molecule has 0 amide bonds. The van der Waals surface area contributed by atoms with Gasteiger partial charge in [0.25, 0.3) is 0 Å². The molecule has 0 aromatic rings. The molecule has 6 nitrogen and oxygen atoms in total. The van der Waals surface area contributed by atoms with Gasteiger partial charge in [-0.3, -0.25) is 14.4 Å². The second-order valence-corrected chi connectivity index (χ2v) is 23.8. The third kappa shape index (κ3) is 67.4. The Morgan fingerprint density at radius 3 is 0.744 bits per heavy atom. The summed E-state index contributed by atoms with van der Waals surface area (Å²) in [6, 6.07) is 0. The van der Waals surface area contributed by atoms with E-state index < -0.39 is 6.10 Å². The van der Waals surface area contributed by atoms with E-state index in [1.807, 2.05) is 0 Å². The molecule has 0 bridgehead atoms. The van der Waals surface area contributed by atoms with Crippen molar-refractivity contribution in [3.63, 3.8) is 0 Å². The minimum absolute atomic E-state index is 0.0744. The topological polar surface area (TPSA) is 78.9 Å². The number of hydrogen-bond donors (Lipinski definition) is 0. The normalized spacial score (nSPS) is 12.6. The van der Waals surface area contributed by atoms with Crippen molar-refractivity contribution in [2.24, 2.45) is 0 Å². The number of hydrogen-bond acceptors (Lipinski definition) is 6. The van der Waals surface area contributed by atoms with Crippen molar-refractivity contribution >= 4 is 17.9 Å². The van der Waals surface area contributed by atoms with Gasteiger partial charge in [0.1, 0.15) is 13.2 Å². The predicted octanol–water partition coefficient (Wildman–Crippen LogP) is 24.6. The smallest absolute Gasteiger partial charge is 0.306 e. The van der Waals surface area contributed by atoms with Crippen molar-refractivity contribution in [1.29, 1.82) is 0 Å². The fourth-order valence-corrected chi connectivity index (χ4v) is 10.4. The summed E-state index contributed by atoms with van der Waals surface area (Å²) in [5, 5.41) is 0. The van der Waals surface area contributed by atoms with Crippen LogP contribution < -0.4 is 0 Å². The quantitative estimate of drug-likeness (QED) is 0.0261. The van der Waals surface area contributed by atoms with Crippen LogP contribution in [0.1, 0.15) is 361 Å². The largest absolute Gasteiger partial charge is 0.462 e. The molecule has 0 rings (SSSR count). The van der Waals surface area contributed by atoms with Gasteiger partial charge >= 0.3 is 17.9 Å². The molecule has 0 radical (unpaired) electrons. The average Bonchev–Trinajstić information content (AvgIpc) is 3.47. The lowest BCUT2D eigenvalue weighted by Crippen LogP contribution is -2.30. The van der Waals surface area contributed by atoms with Gasteiger partial charge in [-0.2, -0.15) is 0 Å². The van der Waals surface area contributed by atoms with Gasteiger partial charge in [-0.25, -0.2) is 0 Å². The average molecular weight is 1140 g/mol. The molecule has 0 aliphatic rings. The van der Waals surface area contributed by atoms with Crippen molar-refractivity contribution in [1.82, 2.24) is 0 Å². The van der Waals surface area contributed by atoms with Gasteiger partial charge in [0.2, 0.25) is 0 Å². The van der Waals surface area contributed by atoms with E-state index in [0.29, 0.717) is 19.3 Å². The highest BCUT2D eigenvalue weighted by Crippen LogP contribution is 2.18. The first-order chi connectivity index (χ1) is 40.5. The van der Waals surface area contributed by atoms with Crippen LogP contribution in [0, 0.1) is 0 Å². The Kier molecular flexibility index (Phi) is 67.2. The zero-order valence-corrected chi connectivity index (χ0v) is 54.5. The first kappa shape index (κ1) is 78.6. The molecule has 0 heterocycles. The van der Waals surface area contributed by atoms with Gasteiger partial charge < -0.3 is 14.2 Å². The maximum absolute atomic E-state index is 13.0. The molecular formula is C76H134O6. The van der Waals surface area contributed by atoms with Gasteiger partial charge in [0, 0.05) is 19.3 Å². The lowest BCUT2D eigenvalue weighted by molar-refractivity contribution is -0.167. The maximum atomic E-state index is 13.0. The summed E-state index contributed by atoms with van der Waals surface area (Å²) < 4.78 is 17.0. The molecule has 1 unspecified atom stereocenters. The number of esters is 3. The Hall–Kier alpha value is -3.41. The zero-order chi connectivity index (χ0) is 59.2. The highest BCUT2D eigenvalue weighted by molar-refractivity contribution is 5.71. The van der Waals surface area contributed by atoms with Gasteiger partial charge in [-0.05, 0) is 77.0 Å². The monoisotopic (exact) mass is 1140 g/mol. The van der Waals surface area contributed by atoms with Gasteiger partial charge in [0.05, 0.1) is 0 Å². The molecule has 0 aromatic heterocycles. The summed E-state index contributed by atoms with van der Waals surface area (Å²) in [6.45, 7) is 6.58. The summed E-state index contributed by atoms with van der Waals surface area (Å²) in [7, 11) is 0. The molecule has 0 aliphatic carbocycles. The first-order valence-corrected chi connectivity index (χ1v) is 35.6. The summed E-state index contributed by atoms with van der Waals surface area (Å²) in [5.74, 6) is -0.863. The second-order valence-electron chi connectivity index (χ2n) is 23.8. The molecule has 0 N–H and O–H groups in total. The van der Waals surface area contributed by atoms with Crippen LogP contribution in [-0.4, -0.2) is 37.2 Å². The van der Waals surface area contributed by atoms with E-state index in [0.717, 1.165) is 109 Å². The Labute approximate surface area is 509 Å². The molecule has 0 aromatic carbocycles. The van der Waals surface area contributed by atoms with Crippen LogP contribution in [-0.2, 0) is 28.6 Å². The van der Waals surface area contributed by atoms with E-state index in [2.05, 4.69) is 106 Å². The highest BCUT2D eigenvalue weighted by Gasteiger charge is 2.19. The summed E-state index contributed by atoms with van der Waals surface area (Å²) >= 11 is 0. The van der Waals surface area contributed by atoms with Crippen LogP contribution in [0.15, 0.2) is 85.1 Å². The predicted molar refractivity (Wildman–Crippen MR) is 358 cm³/mol. The van der Waals surface area contributed by atoms with Crippen LogP contribution >= 0.6 is 0 Å². The Morgan fingerprint density at radius 2 is 0.476 bits per heavy atom. The Balaban J connectivity index is 4.31. The maximum Gasteiger partial charge on any atom is 0.306 e. The molecule has 0 saturated heterocycles. The molecule has 0 saturated carbocycles. The number of allylic oxidation sites excluding steroid dienone is 14. The van der Waals surface area contributed by atoms with Crippen molar-refractivity contribution < 1.29 is 28.6 Å². The van der Waals surface area contributed by atoms with Crippen LogP contribution in [0.2, 0.25) is 0 Å². The minimum Gasteiger partial charge on any atom is -0.462 e. The van der Waals surface area contributed by atoms with E-state index in [-0.39, 0.29) is 31.1 Å². The number of unbranched alkanes of at least 4 members (excludes halogenated alkanes) is 40. The summed E-state index contributed by atoms with van der Waals surface area (Å²) in [5.41, 5.74) is 0. The summed E-state index contributed by atoms with van der Waals surface area (Å²) in [6.07, 6.45) is 93.2. The number of carbonyl (C=O) groups is 3. The highest BCUT2D eigenvalue weighted by atomic mass is 16.6. The first-order valence-electron chi connectivity index (χ1n) is 35.6. The van der Waals surface area contributed by atoms with Crippen molar-refractivity contribution in [2.45, 2.75) is 367 Å². The Morgan fingerprint density at radius 1 is 0.256 bits per heavy atom. The van der Waals surface area contributed by atoms with E-state index >= 15 is 0 Å². The van der Waals surface area contributed by atoms with E-state index in [1.165, 1.54) is 212 Å². The third-order valence-corrected chi connectivity index (χ3v) is 15.7. The molecule has 82 heavy (non-hydrogen) atoms. The van der Waals surface area contributed by atoms with Crippen molar-refractivity contribution in [3.05, 3.63) is 85.1 Å². The molecule has 474 valence electrons. The fourth-order valence-electron chi connectivity index (χ4n) is 10.4. The molecular weight excluding hydrogens is 1010 g/mol. The summed E-state index contributed by atoms with van der Waals surface area (Å²) in [4.78, 5) is 38.5. The van der Waals surface area contributed by atoms with Crippen LogP contribution in [0.5, 0.6) is 0 Å². The number of carbonyl (C=O) groups excluding carboxylic acids is 3. The Bertz CT molecular complexity index is 1550. The zero-order valence-electron chi connectivity index (χ0n) is 54.5. The lowest BCUT2D eigenvalue weighted by Gasteiger charge is -2.18. The van der Waals surface area contributed by atoms with Crippen LogP contribution in [0.4, 0.5) is 0 Å². The van der Waals surface area contributed by atoms with Gasteiger partial charge in [0.15, 0.2) is 6.10 Å². The van der Waals surface area contributed by atoms with E-state index in [9.17, 15) is 14.4 Å². The lowest BCUT2D eigenvalue weighted by atomic mass is 10.0. The second kappa shape index (κ2) is 70.1. The van der Waals surface area contributed by atoms with Crippen molar-refractivity contribution in [3.8, 4) is 0 Å².